The van der Waals surface area contributed by atoms with Crippen LogP contribution in [0.15, 0.2) is 54.4 Å². The van der Waals surface area contributed by atoms with Gasteiger partial charge in [-0.3, -0.25) is 14.6 Å². The van der Waals surface area contributed by atoms with Crippen molar-refractivity contribution in [3.63, 3.8) is 0 Å². The first-order chi connectivity index (χ1) is 12.7. The standard InChI is InChI=1S/C21H21N3O2/c25-20(15-5-2-1-3-6-15)23-18-8-9-19-16(13-18)10-12-24(19)21(26)17-7-4-11-22-14-17/h4-5,7-9,11,13-14H,1-3,6,10,12H2,(H,23,25). The van der Waals surface area contributed by atoms with Gasteiger partial charge in [0.15, 0.2) is 0 Å². The van der Waals surface area contributed by atoms with Crippen molar-refractivity contribution in [1.29, 1.82) is 0 Å². The molecule has 4 rings (SSSR count). The summed E-state index contributed by atoms with van der Waals surface area (Å²) in [6, 6.07) is 9.31. The Morgan fingerprint density at radius 1 is 1.12 bits per heavy atom. The lowest BCUT2D eigenvalue weighted by Gasteiger charge is -2.18. The van der Waals surface area contributed by atoms with Gasteiger partial charge < -0.3 is 10.2 Å². The molecule has 0 atom stereocenters. The van der Waals surface area contributed by atoms with E-state index in [9.17, 15) is 9.59 Å². The lowest BCUT2D eigenvalue weighted by molar-refractivity contribution is -0.113. The number of hydrogen-bond acceptors (Lipinski definition) is 3. The van der Waals surface area contributed by atoms with Crippen LogP contribution in [-0.2, 0) is 11.2 Å². The second-order valence-corrected chi connectivity index (χ2v) is 6.72. The number of anilines is 2. The summed E-state index contributed by atoms with van der Waals surface area (Å²) in [5.74, 6) is -0.0491. The van der Waals surface area contributed by atoms with Gasteiger partial charge in [0.05, 0.1) is 5.56 Å². The van der Waals surface area contributed by atoms with Crippen LogP contribution < -0.4 is 10.2 Å². The van der Waals surface area contributed by atoms with Crippen molar-refractivity contribution in [3.05, 3.63) is 65.5 Å². The van der Waals surface area contributed by atoms with E-state index in [1.165, 1.54) is 0 Å². The van der Waals surface area contributed by atoms with Gasteiger partial charge in [0, 0.05) is 35.9 Å². The fourth-order valence-corrected chi connectivity index (χ4v) is 3.59. The molecule has 132 valence electrons. The lowest BCUT2D eigenvalue weighted by atomic mass is 9.99. The topological polar surface area (TPSA) is 62.3 Å². The highest BCUT2D eigenvalue weighted by atomic mass is 16.2. The van der Waals surface area contributed by atoms with Gasteiger partial charge in [0.2, 0.25) is 0 Å². The number of rotatable bonds is 3. The number of allylic oxidation sites excluding steroid dienone is 1. The molecule has 5 heteroatoms. The second kappa shape index (κ2) is 7.12. The summed E-state index contributed by atoms with van der Waals surface area (Å²) < 4.78 is 0. The van der Waals surface area contributed by atoms with Crippen LogP contribution in [0.25, 0.3) is 0 Å². The predicted octanol–water partition coefficient (Wildman–Crippen LogP) is 3.72. The van der Waals surface area contributed by atoms with E-state index in [4.69, 9.17) is 0 Å². The molecule has 0 saturated carbocycles. The van der Waals surface area contributed by atoms with E-state index < -0.39 is 0 Å². The first-order valence-corrected chi connectivity index (χ1v) is 9.07. The average Bonchev–Trinajstić information content (AvgIpc) is 3.12. The molecule has 0 bridgehead atoms. The maximum atomic E-state index is 12.7. The van der Waals surface area contributed by atoms with Crippen molar-refractivity contribution in [2.75, 3.05) is 16.8 Å². The van der Waals surface area contributed by atoms with Crippen LogP contribution >= 0.6 is 0 Å². The van der Waals surface area contributed by atoms with E-state index in [-0.39, 0.29) is 11.8 Å². The fourth-order valence-electron chi connectivity index (χ4n) is 3.59. The monoisotopic (exact) mass is 347 g/mol. The van der Waals surface area contributed by atoms with Crippen molar-refractivity contribution in [2.24, 2.45) is 0 Å². The number of aromatic nitrogens is 1. The number of pyridine rings is 1. The second-order valence-electron chi connectivity index (χ2n) is 6.72. The molecular formula is C21H21N3O2. The molecule has 1 aromatic carbocycles. The first kappa shape index (κ1) is 16.5. The largest absolute Gasteiger partial charge is 0.322 e. The maximum absolute atomic E-state index is 12.7. The third-order valence-corrected chi connectivity index (χ3v) is 4.97. The Morgan fingerprint density at radius 3 is 2.81 bits per heavy atom. The molecule has 2 aliphatic rings. The zero-order valence-electron chi connectivity index (χ0n) is 14.6. The highest BCUT2D eigenvalue weighted by Gasteiger charge is 2.26. The SMILES string of the molecule is O=C(Nc1ccc2c(c1)CCN2C(=O)c1cccnc1)C1=CCCCC1. The first-order valence-electron chi connectivity index (χ1n) is 9.07. The van der Waals surface area contributed by atoms with Crippen molar-refractivity contribution >= 4 is 23.2 Å². The molecule has 1 aromatic heterocycles. The Kier molecular flexibility index (Phi) is 4.52. The van der Waals surface area contributed by atoms with E-state index in [2.05, 4.69) is 10.3 Å². The molecule has 1 N–H and O–H groups in total. The molecular weight excluding hydrogens is 326 g/mol. The van der Waals surface area contributed by atoms with E-state index in [0.29, 0.717) is 12.1 Å². The van der Waals surface area contributed by atoms with Crippen molar-refractivity contribution in [1.82, 2.24) is 4.98 Å². The van der Waals surface area contributed by atoms with Gasteiger partial charge in [0.25, 0.3) is 11.8 Å². The molecule has 0 saturated heterocycles. The van der Waals surface area contributed by atoms with E-state index >= 15 is 0 Å². The average molecular weight is 347 g/mol. The van der Waals surface area contributed by atoms with Gasteiger partial charge in [-0.05, 0) is 68.0 Å². The molecule has 2 aromatic rings. The van der Waals surface area contributed by atoms with Gasteiger partial charge in [-0.25, -0.2) is 0 Å². The Hall–Kier alpha value is -2.95. The molecule has 2 amide bonds. The molecule has 26 heavy (non-hydrogen) atoms. The molecule has 0 spiro atoms. The highest BCUT2D eigenvalue weighted by molar-refractivity contribution is 6.08. The summed E-state index contributed by atoms with van der Waals surface area (Å²) in [6.45, 7) is 0.644. The van der Waals surface area contributed by atoms with E-state index in [1.54, 1.807) is 29.4 Å². The van der Waals surface area contributed by atoms with Crippen LogP contribution in [0.4, 0.5) is 11.4 Å². The minimum absolute atomic E-state index is 0.00839. The number of hydrogen-bond donors (Lipinski definition) is 1. The summed E-state index contributed by atoms with van der Waals surface area (Å²) in [5.41, 5.74) is 4.24. The van der Waals surface area contributed by atoms with Crippen LogP contribution in [-0.4, -0.2) is 23.3 Å². The number of amides is 2. The molecule has 1 aliphatic carbocycles. The number of carbonyl (C=O) groups excluding carboxylic acids is 2. The van der Waals surface area contributed by atoms with E-state index in [1.807, 2.05) is 24.3 Å². The van der Waals surface area contributed by atoms with Crippen LogP contribution in [0.5, 0.6) is 0 Å². The lowest BCUT2D eigenvalue weighted by Crippen LogP contribution is -2.28. The highest BCUT2D eigenvalue weighted by Crippen LogP contribution is 2.32. The van der Waals surface area contributed by atoms with Crippen molar-refractivity contribution < 1.29 is 9.59 Å². The van der Waals surface area contributed by atoms with Crippen LogP contribution in [0.3, 0.4) is 0 Å². The zero-order chi connectivity index (χ0) is 17.9. The smallest absolute Gasteiger partial charge is 0.259 e. The maximum Gasteiger partial charge on any atom is 0.259 e. The van der Waals surface area contributed by atoms with Gasteiger partial charge in [-0.2, -0.15) is 0 Å². The minimum Gasteiger partial charge on any atom is -0.322 e. The predicted molar refractivity (Wildman–Crippen MR) is 101 cm³/mol. The molecule has 2 heterocycles. The summed E-state index contributed by atoms with van der Waals surface area (Å²) in [7, 11) is 0. The summed E-state index contributed by atoms with van der Waals surface area (Å²) in [6.07, 6.45) is 10.2. The van der Waals surface area contributed by atoms with Gasteiger partial charge in [-0.15, -0.1) is 0 Å². The Bertz CT molecular complexity index is 874. The summed E-state index contributed by atoms with van der Waals surface area (Å²) >= 11 is 0. The molecule has 5 nitrogen and oxygen atoms in total. The molecule has 0 unspecified atom stereocenters. The van der Waals surface area contributed by atoms with E-state index in [0.717, 1.165) is 54.6 Å². The van der Waals surface area contributed by atoms with Crippen LogP contribution in [0.1, 0.15) is 41.6 Å². The van der Waals surface area contributed by atoms with Gasteiger partial charge >= 0.3 is 0 Å². The third kappa shape index (κ3) is 3.25. The number of fused-ring (bicyclic) bond motifs is 1. The van der Waals surface area contributed by atoms with Crippen LogP contribution in [0.2, 0.25) is 0 Å². The summed E-state index contributed by atoms with van der Waals surface area (Å²) in [5, 5.41) is 3.00. The number of nitrogens with zero attached hydrogens (tertiary/aromatic N) is 2. The Labute approximate surface area is 152 Å². The Morgan fingerprint density at radius 2 is 2.04 bits per heavy atom. The zero-order valence-corrected chi connectivity index (χ0v) is 14.6. The minimum atomic E-state index is -0.0407. The molecule has 0 radical (unpaired) electrons. The van der Waals surface area contributed by atoms with Crippen LogP contribution in [0, 0.1) is 0 Å². The van der Waals surface area contributed by atoms with Crippen molar-refractivity contribution in [2.45, 2.75) is 32.1 Å². The molecule has 1 aliphatic heterocycles. The summed E-state index contributed by atoms with van der Waals surface area (Å²) in [4.78, 5) is 30.9. The third-order valence-electron chi connectivity index (χ3n) is 4.97. The molecule has 0 fully saturated rings. The Balaban J connectivity index is 1.51. The van der Waals surface area contributed by atoms with Gasteiger partial charge in [0.1, 0.15) is 0 Å². The number of carbonyl (C=O) groups is 2. The number of benzene rings is 1. The fraction of sp³-hybridized carbons (Fsp3) is 0.286. The normalized spacial score (nSPS) is 16.0. The number of nitrogens with one attached hydrogen (secondary N) is 1. The quantitative estimate of drug-likeness (QED) is 0.920. The van der Waals surface area contributed by atoms with Gasteiger partial charge in [-0.1, -0.05) is 6.08 Å². The van der Waals surface area contributed by atoms with Crippen molar-refractivity contribution in [3.8, 4) is 0 Å².